The number of fused-ring (bicyclic) bond motifs is 3. The van der Waals surface area contributed by atoms with Crippen LogP contribution in [0.4, 0.5) is 0 Å². The first-order chi connectivity index (χ1) is 20.5. The van der Waals surface area contributed by atoms with Crippen LogP contribution in [0, 0.1) is 52.3 Å². The van der Waals surface area contributed by atoms with Crippen molar-refractivity contribution in [2.24, 2.45) is 40.9 Å². The van der Waals surface area contributed by atoms with E-state index in [1.165, 1.54) is 129 Å². The minimum absolute atomic E-state index is 0.174. The van der Waals surface area contributed by atoms with Gasteiger partial charge in [0.1, 0.15) is 0 Å². The fourth-order valence-corrected chi connectivity index (χ4v) is 11.6. The van der Waals surface area contributed by atoms with Crippen LogP contribution in [-0.4, -0.2) is 72.7 Å². The highest BCUT2D eigenvalue weighted by atomic mass is 15.4. The van der Waals surface area contributed by atoms with Crippen molar-refractivity contribution in [1.29, 1.82) is 5.26 Å². The Hall–Kier alpha value is -0.710. The third-order valence-electron chi connectivity index (χ3n) is 14.2. The molecule has 6 heteroatoms. The van der Waals surface area contributed by atoms with Gasteiger partial charge in [0.05, 0.1) is 11.5 Å². The van der Waals surface area contributed by atoms with Crippen molar-refractivity contribution in [3.63, 3.8) is 0 Å². The maximum atomic E-state index is 9.71. The number of hydrogen-bond donors (Lipinski definition) is 3. The summed E-state index contributed by atoms with van der Waals surface area (Å²) >= 11 is 0. The predicted octanol–water partition coefficient (Wildman–Crippen LogP) is 5.70. The topological polar surface area (TPSA) is 66.4 Å². The van der Waals surface area contributed by atoms with Crippen molar-refractivity contribution >= 4 is 0 Å². The standard InChI is InChI=1S/C36H62N6/c1-36(2,24-37)28-14-11-25(12-15-28)35-34-31-22-27(13-16-32(31)38-23-33(34)39-40-35)26-7-6-10-30(21-26)42-19-17-41(18-20-42)29-8-4-3-5-9-29/h25-35,38-40H,3-23H2,1-2H3. The van der Waals surface area contributed by atoms with E-state index in [2.05, 4.69) is 45.9 Å². The lowest BCUT2D eigenvalue weighted by Crippen LogP contribution is -2.59. The average Bonchev–Trinajstić information content (AvgIpc) is 3.50. The first-order valence-electron chi connectivity index (χ1n) is 18.6. The lowest BCUT2D eigenvalue weighted by molar-refractivity contribution is 0.0135. The molecule has 6 nitrogen and oxygen atoms in total. The number of nitriles is 1. The second-order valence-electron chi connectivity index (χ2n) is 16.6. The largest absolute Gasteiger partial charge is 0.312 e. The van der Waals surface area contributed by atoms with Crippen LogP contribution in [0.3, 0.4) is 0 Å². The molecule has 8 unspecified atom stereocenters. The van der Waals surface area contributed by atoms with Crippen molar-refractivity contribution in [1.82, 2.24) is 26.0 Å². The van der Waals surface area contributed by atoms with E-state index in [0.29, 0.717) is 18.0 Å². The number of nitrogens with one attached hydrogen (secondary N) is 3. The van der Waals surface area contributed by atoms with Gasteiger partial charge in [-0.05, 0) is 120 Å². The molecule has 4 aliphatic carbocycles. The number of piperazine rings is 1. The minimum atomic E-state index is -0.174. The molecule has 7 aliphatic rings. The molecule has 3 heterocycles. The zero-order valence-corrected chi connectivity index (χ0v) is 27.0. The molecule has 3 saturated heterocycles. The maximum absolute atomic E-state index is 9.71. The second-order valence-corrected chi connectivity index (χ2v) is 16.6. The molecule has 8 atom stereocenters. The predicted molar refractivity (Wildman–Crippen MR) is 171 cm³/mol. The number of hydrazine groups is 1. The van der Waals surface area contributed by atoms with Crippen LogP contribution < -0.4 is 16.2 Å². The van der Waals surface area contributed by atoms with Crippen molar-refractivity contribution < 1.29 is 0 Å². The van der Waals surface area contributed by atoms with E-state index in [9.17, 15) is 5.26 Å². The Labute approximate surface area is 257 Å². The third-order valence-corrected chi connectivity index (χ3v) is 14.2. The van der Waals surface area contributed by atoms with Crippen LogP contribution in [0.2, 0.25) is 0 Å². The van der Waals surface area contributed by atoms with Crippen LogP contribution in [0.1, 0.15) is 117 Å². The monoisotopic (exact) mass is 579 g/mol. The molecular weight excluding hydrogens is 516 g/mol. The third kappa shape index (κ3) is 6.09. The SMILES string of the molecule is CC(C)(C#N)C1CCC(C2NNC3CNC4CCC(C5CCCC(N6CCN(C7CCCCC7)CC6)C5)CC4C32)CC1. The molecule has 0 amide bonds. The number of piperidine rings is 1. The van der Waals surface area contributed by atoms with Gasteiger partial charge in [0.15, 0.2) is 0 Å². The van der Waals surface area contributed by atoms with Crippen molar-refractivity contribution in [2.75, 3.05) is 32.7 Å². The summed E-state index contributed by atoms with van der Waals surface area (Å²) in [6.45, 7) is 10.8. The molecule has 0 bridgehead atoms. The van der Waals surface area contributed by atoms with E-state index >= 15 is 0 Å². The summed E-state index contributed by atoms with van der Waals surface area (Å²) < 4.78 is 0. The van der Waals surface area contributed by atoms with Gasteiger partial charge in [0.2, 0.25) is 0 Å². The van der Waals surface area contributed by atoms with Gasteiger partial charge in [-0.3, -0.25) is 20.7 Å². The van der Waals surface area contributed by atoms with Crippen molar-refractivity contribution in [3.8, 4) is 6.07 Å². The van der Waals surface area contributed by atoms with Crippen LogP contribution in [0.5, 0.6) is 0 Å². The quantitative estimate of drug-likeness (QED) is 0.389. The lowest BCUT2D eigenvalue weighted by atomic mass is 9.59. The Bertz CT molecular complexity index is 924. The van der Waals surface area contributed by atoms with Gasteiger partial charge in [-0.25, -0.2) is 0 Å². The van der Waals surface area contributed by atoms with E-state index in [0.717, 1.165) is 54.3 Å². The van der Waals surface area contributed by atoms with Crippen LogP contribution in [0.15, 0.2) is 0 Å². The molecule has 0 spiro atoms. The Morgan fingerprint density at radius 3 is 2.05 bits per heavy atom. The first kappa shape index (κ1) is 30.0. The molecule has 7 fully saturated rings. The summed E-state index contributed by atoms with van der Waals surface area (Å²) in [4.78, 5) is 5.79. The number of rotatable bonds is 5. The summed E-state index contributed by atoms with van der Waals surface area (Å²) in [7, 11) is 0. The van der Waals surface area contributed by atoms with Crippen LogP contribution in [0.25, 0.3) is 0 Å². The number of hydrogen-bond acceptors (Lipinski definition) is 6. The average molecular weight is 579 g/mol. The number of nitrogens with zero attached hydrogens (tertiary/aromatic N) is 3. The fourth-order valence-electron chi connectivity index (χ4n) is 11.6. The Kier molecular flexibility index (Phi) is 9.24. The molecule has 0 radical (unpaired) electrons. The van der Waals surface area contributed by atoms with Gasteiger partial charge < -0.3 is 5.32 Å². The molecule has 0 aromatic heterocycles. The van der Waals surface area contributed by atoms with E-state index < -0.39 is 0 Å². The molecule has 4 saturated carbocycles. The molecule has 3 N–H and O–H groups in total. The fraction of sp³-hybridized carbons (Fsp3) is 0.972. The summed E-state index contributed by atoms with van der Waals surface area (Å²) in [5.74, 6) is 4.82. The second kappa shape index (κ2) is 13.0. The van der Waals surface area contributed by atoms with Gasteiger partial charge in [-0.15, -0.1) is 0 Å². The first-order valence-corrected chi connectivity index (χ1v) is 18.6. The van der Waals surface area contributed by atoms with Gasteiger partial charge >= 0.3 is 0 Å². The summed E-state index contributed by atoms with van der Waals surface area (Å²) in [6, 6.07) is 6.29. The van der Waals surface area contributed by atoms with Crippen molar-refractivity contribution in [2.45, 2.75) is 147 Å². The smallest absolute Gasteiger partial charge is 0.0686 e. The van der Waals surface area contributed by atoms with E-state index in [1.54, 1.807) is 0 Å². The zero-order valence-electron chi connectivity index (χ0n) is 27.0. The maximum Gasteiger partial charge on any atom is 0.0686 e. The van der Waals surface area contributed by atoms with Crippen LogP contribution in [-0.2, 0) is 0 Å². The van der Waals surface area contributed by atoms with Crippen molar-refractivity contribution in [3.05, 3.63) is 0 Å². The molecule has 42 heavy (non-hydrogen) atoms. The molecule has 0 aromatic carbocycles. The summed E-state index contributed by atoms with van der Waals surface area (Å²) in [6.07, 6.45) is 22.6. The highest BCUT2D eigenvalue weighted by molar-refractivity contribution is 5.08. The van der Waals surface area contributed by atoms with Gasteiger partial charge in [-0.1, -0.05) is 32.1 Å². The highest BCUT2D eigenvalue weighted by Crippen LogP contribution is 2.49. The zero-order chi connectivity index (χ0) is 28.7. The van der Waals surface area contributed by atoms with E-state index in [1.807, 2.05) is 0 Å². The van der Waals surface area contributed by atoms with E-state index in [4.69, 9.17) is 0 Å². The van der Waals surface area contributed by atoms with Gasteiger partial charge in [0.25, 0.3) is 0 Å². The Morgan fingerprint density at radius 2 is 1.31 bits per heavy atom. The summed E-state index contributed by atoms with van der Waals surface area (Å²) in [5, 5.41) is 13.7. The molecular formula is C36H62N6. The molecule has 3 aliphatic heterocycles. The molecule has 7 rings (SSSR count). The normalized spacial score (nSPS) is 44.7. The minimum Gasteiger partial charge on any atom is -0.312 e. The van der Waals surface area contributed by atoms with Gasteiger partial charge in [0, 0.05) is 62.9 Å². The van der Waals surface area contributed by atoms with Crippen LogP contribution >= 0.6 is 0 Å². The Morgan fingerprint density at radius 1 is 0.643 bits per heavy atom. The molecule has 236 valence electrons. The molecule has 0 aromatic rings. The highest BCUT2D eigenvalue weighted by Gasteiger charge is 2.52. The summed E-state index contributed by atoms with van der Waals surface area (Å²) in [5.41, 5.74) is 7.49. The van der Waals surface area contributed by atoms with E-state index in [-0.39, 0.29) is 5.41 Å². The Balaban J connectivity index is 0.953. The van der Waals surface area contributed by atoms with Gasteiger partial charge in [-0.2, -0.15) is 5.26 Å². The lowest BCUT2D eigenvalue weighted by Gasteiger charge is -2.51.